The van der Waals surface area contributed by atoms with Gasteiger partial charge < -0.3 is 64.5 Å². The first-order valence-electron chi connectivity index (χ1n) is 25.6. The minimum absolute atomic E-state index is 0.000376. The third-order valence-electron chi connectivity index (χ3n) is 13.3. The fourth-order valence-corrected chi connectivity index (χ4v) is 12.7. The summed E-state index contributed by atoms with van der Waals surface area (Å²) in [6.45, 7) is 5.92. The molecule has 5 rings (SSSR count). The number of nitrogens with zero attached hydrogens (tertiary/aromatic N) is 2. The summed E-state index contributed by atoms with van der Waals surface area (Å²) in [5.41, 5.74) is 23.5. The average molecular weight is 1080 g/mol. The van der Waals surface area contributed by atoms with E-state index < -0.39 is 113 Å². The Labute approximate surface area is 445 Å². The van der Waals surface area contributed by atoms with Gasteiger partial charge in [-0.15, -0.1) is 0 Å². The van der Waals surface area contributed by atoms with Crippen molar-refractivity contribution in [1.82, 2.24) is 36.8 Å². The number of carbonyl (C=O) groups is 9. The lowest BCUT2D eigenvalue weighted by Gasteiger charge is -2.37. The molecule has 75 heavy (non-hydrogen) atoms. The molecule has 0 bridgehead atoms. The summed E-state index contributed by atoms with van der Waals surface area (Å²) in [5.74, 6) is -6.86. The maximum Gasteiger partial charge on any atom is 0.246 e. The molecule has 2 heterocycles. The van der Waals surface area contributed by atoms with Gasteiger partial charge in [-0.25, -0.2) is 0 Å². The van der Waals surface area contributed by atoms with Crippen molar-refractivity contribution in [2.45, 2.75) is 151 Å². The minimum atomic E-state index is -1.63. The number of ether oxygens (including phenoxy) is 1. The summed E-state index contributed by atoms with van der Waals surface area (Å²) in [6.07, 6.45) is 4.16. The van der Waals surface area contributed by atoms with Gasteiger partial charge in [0.1, 0.15) is 48.0 Å². The van der Waals surface area contributed by atoms with E-state index in [9.17, 15) is 43.2 Å². The molecule has 1 spiro atoms. The highest BCUT2D eigenvalue weighted by Crippen LogP contribution is 2.48. The van der Waals surface area contributed by atoms with E-state index in [4.69, 9.17) is 27.7 Å². The summed E-state index contributed by atoms with van der Waals surface area (Å²) in [4.78, 5) is 131. The fraction of sp³-hybridized carbons (Fsp3) is 0.569. The fourth-order valence-electron chi connectivity index (χ4n) is 9.38. The maximum absolute atomic E-state index is 14.8. The van der Waals surface area contributed by atoms with Gasteiger partial charge in [-0.3, -0.25) is 48.1 Å². The lowest BCUT2D eigenvalue weighted by Crippen LogP contribution is -2.61. The molecule has 2 aromatic rings. The highest BCUT2D eigenvalue weighted by molar-refractivity contribution is 8.77. The molecule has 2 aliphatic heterocycles. The average Bonchev–Trinajstić information content (AvgIpc) is 3.86. The van der Waals surface area contributed by atoms with Crippen LogP contribution in [0.1, 0.15) is 103 Å². The number of carbonyl (C=O) groups excluding carboxylic acids is 9. The van der Waals surface area contributed by atoms with E-state index in [2.05, 4.69) is 36.9 Å². The van der Waals surface area contributed by atoms with Crippen molar-refractivity contribution in [3.05, 3.63) is 65.7 Å². The number of benzene rings is 2. The van der Waals surface area contributed by atoms with Crippen LogP contribution in [0.2, 0.25) is 0 Å². The Bertz CT molecular complexity index is 2350. The third kappa shape index (κ3) is 18.4. The predicted octanol–water partition coefficient (Wildman–Crippen LogP) is 0.329. The van der Waals surface area contributed by atoms with E-state index in [0.717, 1.165) is 19.3 Å². The van der Waals surface area contributed by atoms with Gasteiger partial charge in [-0.2, -0.15) is 0 Å². The molecule has 14 N–H and O–H groups in total. The highest BCUT2D eigenvalue weighted by atomic mass is 33.1. The van der Waals surface area contributed by atoms with Crippen LogP contribution in [0, 0.1) is 5.92 Å². The minimum Gasteiger partial charge on any atom is -0.494 e. The molecule has 9 amide bonds. The van der Waals surface area contributed by atoms with Crippen LogP contribution in [-0.4, -0.2) is 137 Å². The number of likely N-dealkylation sites (tertiary alicyclic amines) is 1. The van der Waals surface area contributed by atoms with Gasteiger partial charge in [0.25, 0.3) is 0 Å². The molecule has 7 atom stereocenters. The lowest BCUT2D eigenvalue weighted by molar-refractivity contribution is -0.142. The maximum atomic E-state index is 14.8. The second-order valence-corrected chi connectivity index (χ2v) is 22.4. The molecule has 1 aliphatic carbocycles. The highest BCUT2D eigenvalue weighted by Gasteiger charge is 2.42. The van der Waals surface area contributed by atoms with Crippen LogP contribution in [0.25, 0.3) is 0 Å². The molecule has 1 saturated carbocycles. The number of rotatable bonds is 17. The molecule has 410 valence electrons. The number of nitrogens with two attached hydrogens (primary N) is 4. The molecule has 0 aromatic heterocycles. The van der Waals surface area contributed by atoms with Crippen molar-refractivity contribution >= 4 is 80.7 Å². The molecule has 22 nitrogen and oxygen atoms in total. The van der Waals surface area contributed by atoms with Crippen LogP contribution >= 0.6 is 21.6 Å². The van der Waals surface area contributed by atoms with Crippen LogP contribution in [0.5, 0.6) is 5.75 Å². The van der Waals surface area contributed by atoms with Crippen LogP contribution in [-0.2, 0) is 56.0 Å². The number of hydrogen-bond donors (Lipinski definition) is 10. The Morgan fingerprint density at radius 2 is 1.41 bits per heavy atom. The second kappa shape index (κ2) is 28.9. The Kier molecular flexibility index (Phi) is 22.9. The van der Waals surface area contributed by atoms with Gasteiger partial charge in [-0.05, 0) is 74.6 Å². The van der Waals surface area contributed by atoms with Crippen molar-refractivity contribution in [3.63, 3.8) is 0 Å². The monoisotopic (exact) mass is 1080 g/mol. The number of guanidine groups is 1. The molecule has 2 aromatic carbocycles. The van der Waals surface area contributed by atoms with Gasteiger partial charge in [0.2, 0.25) is 53.2 Å². The predicted molar refractivity (Wildman–Crippen MR) is 286 cm³/mol. The molecule has 3 fully saturated rings. The van der Waals surface area contributed by atoms with E-state index in [1.165, 1.54) is 26.5 Å². The van der Waals surface area contributed by atoms with Gasteiger partial charge in [0.15, 0.2) is 5.96 Å². The van der Waals surface area contributed by atoms with Gasteiger partial charge in [-0.1, -0.05) is 97.2 Å². The summed E-state index contributed by atoms with van der Waals surface area (Å²) in [5, 5.41) is 16.6. The standard InChI is InChI=1S/C51H74N12O10S2/c1-4-73-33-19-17-32(18-20-33)26-35-44(67)59-36(25-31-13-7-5-8-14-31)46(69)62-42(30(2)3)48(71)60-37(27-40(52)64)45(68)61-38(29-74-75-51(28-41(65)57-35)21-9-6-10-22-51)49(72)63-24-12-16-39(63)47(70)58-34(43(53)66)15-11-23-56-50(54)55/h5,7-8,13-14,17-20,30,34-39,42H,4,6,9-12,15-16,21-29H2,1-3H3,(H2,52,64)(H2,53,66)(H,57,65)(H,58,70)(H,59,67)(H,60,71)(H,61,68)(H,62,69)(H4,54,55,56). The zero-order valence-corrected chi connectivity index (χ0v) is 44.6. The van der Waals surface area contributed by atoms with E-state index in [1.54, 1.807) is 68.4 Å². The summed E-state index contributed by atoms with van der Waals surface area (Å²) < 4.78 is 4.95. The third-order valence-corrected chi connectivity index (χ3v) is 16.6. The van der Waals surface area contributed by atoms with Crippen LogP contribution in [0.3, 0.4) is 0 Å². The van der Waals surface area contributed by atoms with E-state index in [1.807, 2.05) is 6.92 Å². The quantitative estimate of drug-likeness (QED) is 0.0442. The number of hydrogen-bond acceptors (Lipinski definition) is 13. The molecule has 7 unspecified atom stereocenters. The topological polar surface area (TPSA) is 355 Å². The zero-order valence-electron chi connectivity index (χ0n) is 42.9. The van der Waals surface area contributed by atoms with Gasteiger partial charge in [0, 0.05) is 42.9 Å². The molecule has 3 aliphatic rings. The molecular formula is C51H74N12O10S2. The smallest absolute Gasteiger partial charge is 0.246 e. The first kappa shape index (κ1) is 59.3. The molecule has 24 heteroatoms. The number of primary amides is 2. The summed E-state index contributed by atoms with van der Waals surface area (Å²) in [6, 6.07) is 7.17. The van der Waals surface area contributed by atoms with Gasteiger partial charge >= 0.3 is 0 Å². The van der Waals surface area contributed by atoms with E-state index >= 15 is 0 Å². The Morgan fingerprint density at radius 3 is 2.04 bits per heavy atom. The Balaban J connectivity index is 1.52. The number of aliphatic imine (C=N–C) groups is 1. The number of nitrogens with one attached hydrogen (secondary N) is 6. The SMILES string of the molecule is CCOc1ccc(CC2NC(=O)CC3(CCCCC3)SSCC(C(=O)N3CCCC3C(=O)NC(CCCN=C(N)N)C(N)=O)NC(=O)C(CC(N)=O)NC(=O)C(C(C)C)NC(=O)C(Cc3ccccc3)NC2=O)cc1. The first-order valence-corrected chi connectivity index (χ1v) is 27.9. The summed E-state index contributed by atoms with van der Waals surface area (Å²) >= 11 is 0. The van der Waals surface area contributed by atoms with Crippen molar-refractivity contribution in [3.8, 4) is 5.75 Å². The largest absolute Gasteiger partial charge is 0.494 e. The van der Waals surface area contributed by atoms with Crippen molar-refractivity contribution in [2.75, 3.05) is 25.4 Å². The number of amides is 9. The second-order valence-electron chi connectivity index (χ2n) is 19.6. The van der Waals surface area contributed by atoms with Crippen LogP contribution in [0.15, 0.2) is 59.6 Å². The normalized spacial score (nSPS) is 23.6. The van der Waals surface area contributed by atoms with Gasteiger partial charge in [0.05, 0.1) is 13.0 Å². The van der Waals surface area contributed by atoms with Crippen LogP contribution in [0.4, 0.5) is 0 Å². The summed E-state index contributed by atoms with van der Waals surface area (Å²) in [7, 11) is 2.63. The zero-order chi connectivity index (χ0) is 54.7. The van der Waals surface area contributed by atoms with E-state index in [-0.39, 0.29) is 56.9 Å². The lowest BCUT2D eigenvalue weighted by atomic mass is 9.85. The van der Waals surface area contributed by atoms with Crippen molar-refractivity contribution in [2.24, 2.45) is 33.8 Å². The Hall–Kier alpha value is -6.56. The Morgan fingerprint density at radius 1 is 0.787 bits per heavy atom. The molecule has 0 radical (unpaired) electrons. The van der Waals surface area contributed by atoms with Crippen molar-refractivity contribution < 1.29 is 47.9 Å². The van der Waals surface area contributed by atoms with Crippen LogP contribution < -0.4 is 59.6 Å². The molecular weight excluding hydrogens is 1000 g/mol. The van der Waals surface area contributed by atoms with E-state index in [0.29, 0.717) is 49.2 Å². The first-order chi connectivity index (χ1) is 35.8. The molecule has 2 saturated heterocycles. The van der Waals surface area contributed by atoms with Crippen molar-refractivity contribution in [1.29, 1.82) is 0 Å².